The topological polar surface area (TPSA) is 80.6 Å². The summed E-state index contributed by atoms with van der Waals surface area (Å²) in [4.78, 5) is 22.5. The molecule has 0 aromatic carbocycles. The number of carboxylic acids is 1. The Hall–Kier alpha value is -1.82. The van der Waals surface area contributed by atoms with Gasteiger partial charge < -0.3 is 19.7 Å². The van der Waals surface area contributed by atoms with Gasteiger partial charge in [-0.2, -0.15) is 0 Å². The molecule has 2 N–H and O–H groups in total. The number of rotatable bonds is 4. The Labute approximate surface area is 105 Å². The molecule has 0 saturated carbocycles. The van der Waals surface area contributed by atoms with E-state index >= 15 is 0 Å². The van der Waals surface area contributed by atoms with E-state index in [1.165, 1.54) is 0 Å². The highest BCUT2D eigenvalue weighted by Crippen LogP contribution is 2.20. The van der Waals surface area contributed by atoms with Crippen molar-refractivity contribution in [1.29, 1.82) is 0 Å². The van der Waals surface area contributed by atoms with Gasteiger partial charge in [0.15, 0.2) is 6.10 Å². The smallest absolute Gasteiger partial charge is 0.332 e. The number of carboxylic acid groups (broad SMARTS) is 1. The van der Waals surface area contributed by atoms with Crippen LogP contribution in [0.2, 0.25) is 0 Å². The highest BCUT2D eigenvalue weighted by molar-refractivity contribution is 5.82. The number of ether oxygens (including phenoxy) is 1. The Bertz CT molecular complexity index is 455. The van der Waals surface area contributed by atoms with Crippen molar-refractivity contribution in [2.75, 3.05) is 0 Å². The molecule has 1 aromatic heterocycles. The van der Waals surface area contributed by atoms with Gasteiger partial charge in [-0.15, -0.1) is 0 Å². The lowest BCUT2D eigenvalue weighted by Gasteiger charge is -2.12. The molecular weight excluding hydrogens is 236 g/mol. The second-order valence-electron chi connectivity index (χ2n) is 4.36. The van der Waals surface area contributed by atoms with Crippen molar-refractivity contribution in [3.63, 3.8) is 0 Å². The van der Waals surface area contributed by atoms with Crippen LogP contribution >= 0.6 is 0 Å². The van der Waals surface area contributed by atoms with Crippen molar-refractivity contribution in [2.24, 2.45) is 7.05 Å². The van der Waals surface area contributed by atoms with Crippen molar-refractivity contribution in [1.82, 2.24) is 9.88 Å². The van der Waals surface area contributed by atoms with Gasteiger partial charge >= 0.3 is 5.97 Å². The van der Waals surface area contributed by atoms with Gasteiger partial charge in [-0.25, -0.2) is 4.79 Å². The Morgan fingerprint density at radius 2 is 2.22 bits per heavy atom. The summed E-state index contributed by atoms with van der Waals surface area (Å²) in [5.74, 6) is -1.26. The van der Waals surface area contributed by atoms with Gasteiger partial charge in [-0.1, -0.05) is 0 Å². The fourth-order valence-corrected chi connectivity index (χ4v) is 1.98. The van der Waals surface area contributed by atoms with Crippen molar-refractivity contribution in [2.45, 2.75) is 31.6 Å². The Balaban J connectivity index is 1.83. The monoisotopic (exact) mass is 252 g/mol. The van der Waals surface area contributed by atoms with E-state index in [9.17, 15) is 9.59 Å². The highest BCUT2D eigenvalue weighted by Gasteiger charge is 2.34. The maximum Gasteiger partial charge on any atom is 0.332 e. The van der Waals surface area contributed by atoms with E-state index in [-0.39, 0.29) is 5.91 Å². The molecule has 6 nitrogen and oxygen atoms in total. The van der Waals surface area contributed by atoms with Crippen molar-refractivity contribution in [3.8, 4) is 0 Å². The third kappa shape index (κ3) is 2.70. The molecule has 1 saturated heterocycles. The molecule has 98 valence electrons. The number of aryl methyl sites for hydroxylation is 1. The summed E-state index contributed by atoms with van der Waals surface area (Å²) in [6.45, 7) is 0.417. The van der Waals surface area contributed by atoms with Crippen LogP contribution in [0.3, 0.4) is 0 Å². The van der Waals surface area contributed by atoms with E-state index in [1.807, 2.05) is 29.9 Å². The number of nitrogens with one attached hydrogen (secondary N) is 1. The minimum Gasteiger partial charge on any atom is -0.479 e. The van der Waals surface area contributed by atoms with Crippen LogP contribution in [-0.4, -0.2) is 33.8 Å². The zero-order valence-corrected chi connectivity index (χ0v) is 10.1. The van der Waals surface area contributed by atoms with Crippen molar-refractivity contribution >= 4 is 11.9 Å². The molecule has 1 fully saturated rings. The third-order valence-electron chi connectivity index (χ3n) is 3.08. The van der Waals surface area contributed by atoms with Crippen LogP contribution < -0.4 is 5.32 Å². The summed E-state index contributed by atoms with van der Waals surface area (Å²) in [6.07, 6.45) is 1.24. The molecular formula is C12H16N2O4. The minimum atomic E-state index is -1.01. The van der Waals surface area contributed by atoms with Crippen LogP contribution in [0.15, 0.2) is 18.3 Å². The first-order valence-electron chi connectivity index (χ1n) is 5.84. The van der Waals surface area contributed by atoms with Gasteiger partial charge in [0.25, 0.3) is 0 Å². The maximum absolute atomic E-state index is 11.8. The second-order valence-corrected chi connectivity index (χ2v) is 4.36. The molecule has 1 amide bonds. The number of aromatic nitrogens is 1. The number of aliphatic carboxylic acids is 1. The summed E-state index contributed by atoms with van der Waals surface area (Å²) in [5, 5.41) is 11.5. The highest BCUT2D eigenvalue weighted by atomic mass is 16.5. The molecule has 18 heavy (non-hydrogen) atoms. The van der Waals surface area contributed by atoms with Gasteiger partial charge in [0.2, 0.25) is 5.91 Å². The summed E-state index contributed by atoms with van der Waals surface area (Å²) in [7, 11) is 1.90. The Kier molecular flexibility index (Phi) is 3.66. The maximum atomic E-state index is 11.8. The summed E-state index contributed by atoms with van der Waals surface area (Å²) in [6, 6.07) is 3.81. The first-order valence-corrected chi connectivity index (χ1v) is 5.84. The zero-order chi connectivity index (χ0) is 13.1. The Morgan fingerprint density at radius 1 is 1.50 bits per heavy atom. The van der Waals surface area contributed by atoms with E-state index < -0.39 is 18.2 Å². The largest absolute Gasteiger partial charge is 0.479 e. The average Bonchev–Trinajstić information content (AvgIpc) is 2.94. The number of amides is 1. The van der Waals surface area contributed by atoms with Crippen LogP contribution in [0.5, 0.6) is 0 Å². The molecule has 0 radical (unpaired) electrons. The van der Waals surface area contributed by atoms with E-state index in [1.54, 1.807) is 0 Å². The molecule has 0 spiro atoms. The Morgan fingerprint density at radius 3 is 2.78 bits per heavy atom. The lowest BCUT2D eigenvalue weighted by Crippen LogP contribution is -2.35. The van der Waals surface area contributed by atoms with Crippen LogP contribution in [0.4, 0.5) is 0 Å². The van der Waals surface area contributed by atoms with Gasteiger partial charge in [0.05, 0.1) is 6.54 Å². The fourth-order valence-electron chi connectivity index (χ4n) is 1.98. The molecule has 2 heterocycles. The predicted octanol–water partition coefficient (Wildman–Crippen LogP) is 0.273. The first-order chi connectivity index (χ1) is 8.58. The molecule has 0 aliphatic carbocycles. The lowest BCUT2D eigenvalue weighted by molar-refractivity contribution is -0.151. The molecule has 1 aliphatic rings. The second kappa shape index (κ2) is 5.22. The van der Waals surface area contributed by atoms with Crippen molar-refractivity contribution < 1.29 is 19.4 Å². The lowest BCUT2D eigenvalue weighted by atomic mass is 10.2. The van der Waals surface area contributed by atoms with Crippen LogP contribution in [-0.2, 0) is 27.9 Å². The predicted molar refractivity (Wildman–Crippen MR) is 62.8 cm³/mol. The number of hydrogen-bond donors (Lipinski definition) is 2. The molecule has 2 atom stereocenters. The minimum absolute atomic E-state index is 0.250. The molecule has 6 heteroatoms. The van der Waals surface area contributed by atoms with Gasteiger partial charge in [0.1, 0.15) is 6.10 Å². The number of hydrogen-bond acceptors (Lipinski definition) is 3. The zero-order valence-electron chi connectivity index (χ0n) is 10.1. The van der Waals surface area contributed by atoms with Gasteiger partial charge in [0, 0.05) is 18.9 Å². The number of carbonyl (C=O) groups excluding carboxylic acids is 1. The van der Waals surface area contributed by atoms with Gasteiger partial charge in [-0.3, -0.25) is 4.79 Å². The van der Waals surface area contributed by atoms with Crippen LogP contribution in [0.1, 0.15) is 18.5 Å². The van der Waals surface area contributed by atoms with Crippen molar-refractivity contribution in [3.05, 3.63) is 24.0 Å². The fraction of sp³-hybridized carbons (Fsp3) is 0.500. The molecule has 0 bridgehead atoms. The quantitative estimate of drug-likeness (QED) is 0.806. The number of carbonyl (C=O) groups is 2. The molecule has 1 aromatic rings. The summed E-state index contributed by atoms with van der Waals surface area (Å²) >= 11 is 0. The SMILES string of the molecule is Cn1cccc1CNC(=O)C1CCC(C(=O)O)O1. The number of nitrogens with zero attached hydrogens (tertiary/aromatic N) is 1. The standard InChI is InChI=1S/C12H16N2O4/c1-14-6-2-3-8(14)7-13-11(15)9-4-5-10(18-9)12(16)17/h2-3,6,9-10H,4-5,7H2,1H3,(H,13,15)(H,16,17). The summed E-state index contributed by atoms with van der Waals surface area (Å²) < 4.78 is 7.08. The van der Waals surface area contributed by atoms with E-state index in [4.69, 9.17) is 9.84 Å². The van der Waals surface area contributed by atoms with E-state index in [0.717, 1.165) is 5.69 Å². The van der Waals surface area contributed by atoms with E-state index in [0.29, 0.717) is 19.4 Å². The first kappa shape index (κ1) is 12.6. The third-order valence-corrected chi connectivity index (χ3v) is 3.08. The summed E-state index contributed by atoms with van der Waals surface area (Å²) in [5.41, 5.74) is 0.983. The normalized spacial score (nSPS) is 22.9. The van der Waals surface area contributed by atoms with Gasteiger partial charge in [-0.05, 0) is 25.0 Å². The molecule has 1 aliphatic heterocycles. The average molecular weight is 252 g/mol. The van der Waals surface area contributed by atoms with Crippen LogP contribution in [0.25, 0.3) is 0 Å². The van der Waals surface area contributed by atoms with E-state index in [2.05, 4.69) is 5.32 Å². The van der Waals surface area contributed by atoms with Crippen LogP contribution in [0, 0.1) is 0 Å². The molecule has 2 unspecified atom stereocenters. The molecule has 2 rings (SSSR count).